The number of nitro groups is 1. The fourth-order valence-corrected chi connectivity index (χ4v) is 2.95. The first-order valence-corrected chi connectivity index (χ1v) is 9.46. The minimum Gasteiger partial charge on any atom is -0.488 e. The first-order valence-electron chi connectivity index (χ1n) is 8.38. The van der Waals surface area contributed by atoms with Gasteiger partial charge in [-0.1, -0.05) is 6.07 Å². The number of carbonyl (C=O) groups is 1. The lowest BCUT2D eigenvalue weighted by molar-refractivity contribution is -0.384. The van der Waals surface area contributed by atoms with E-state index in [-0.39, 0.29) is 23.9 Å². The average Bonchev–Trinajstić information content (AvgIpc) is 2.65. The van der Waals surface area contributed by atoms with E-state index in [0.29, 0.717) is 11.3 Å². The highest BCUT2D eigenvalue weighted by Crippen LogP contribution is 2.24. The highest BCUT2D eigenvalue weighted by molar-refractivity contribution is 14.1. The van der Waals surface area contributed by atoms with Crippen LogP contribution in [-0.2, 0) is 11.4 Å². The van der Waals surface area contributed by atoms with Crippen LogP contribution in [0.4, 0.5) is 5.69 Å². The van der Waals surface area contributed by atoms with Gasteiger partial charge < -0.3 is 10.1 Å². The highest BCUT2D eigenvalue weighted by Gasteiger charge is 2.11. The summed E-state index contributed by atoms with van der Waals surface area (Å²) in [5.74, 6) is 0.229. The molecule has 0 atom stereocenters. The van der Waals surface area contributed by atoms with Crippen LogP contribution in [0.15, 0.2) is 48.0 Å². The largest absolute Gasteiger partial charge is 0.488 e. The summed E-state index contributed by atoms with van der Waals surface area (Å²) in [5, 5.41) is 22.6. The van der Waals surface area contributed by atoms with Crippen LogP contribution >= 0.6 is 22.6 Å². The third-order valence-electron chi connectivity index (χ3n) is 3.59. The SMILES string of the molecule is CC(C)NC(=O)/C(C#N)=C\c1ccc(OCc2ccc([N+](=O)[O-])cc2)c(I)c1. The monoisotopic (exact) mass is 491 g/mol. The molecule has 0 spiro atoms. The number of nitrogens with zero attached hydrogens (tertiary/aromatic N) is 2. The van der Waals surface area contributed by atoms with Crippen molar-refractivity contribution >= 4 is 40.3 Å². The van der Waals surface area contributed by atoms with E-state index in [2.05, 4.69) is 27.9 Å². The maximum atomic E-state index is 12.0. The molecule has 0 aromatic heterocycles. The minimum absolute atomic E-state index is 0.0315. The fourth-order valence-electron chi connectivity index (χ4n) is 2.25. The molecular formula is C20H18IN3O4. The van der Waals surface area contributed by atoms with Crippen molar-refractivity contribution < 1.29 is 14.5 Å². The van der Waals surface area contributed by atoms with E-state index in [1.54, 1.807) is 24.3 Å². The van der Waals surface area contributed by atoms with Gasteiger partial charge in [-0.25, -0.2) is 0 Å². The molecule has 2 rings (SSSR count). The minimum atomic E-state index is -0.448. The zero-order chi connectivity index (χ0) is 20.7. The molecule has 2 aromatic rings. The molecule has 0 radical (unpaired) electrons. The Morgan fingerprint density at radius 2 is 2.00 bits per heavy atom. The molecule has 0 bridgehead atoms. The Morgan fingerprint density at radius 3 is 2.54 bits per heavy atom. The summed E-state index contributed by atoms with van der Waals surface area (Å²) in [7, 11) is 0. The van der Waals surface area contributed by atoms with Crippen molar-refractivity contribution in [2.75, 3.05) is 0 Å². The van der Waals surface area contributed by atoms with Crippen LogP contribution < -0.4 is 10.1 Å². The molecule has 1 amide bonds. The quantitative estimate of drug-likeness (QED) is 0.206. The number of hydrogen-bond donors (Lipinski definition) is 1. The van der Waals surface area contributed by atoms with Crippen LogP contribution in [0.25, 0.3) is 6.08 Å². The van der Waals surface area contributed by atoms with Crippen LogP contribution in [0, 0.1) is 25.0 Å². The summed E-state index contributed by atoms with van der Waals surface area (Å²) in [6, 6.07) is 13.3. The van der Waals surface area contributed by atoms with Crippen LogP contribution in [-0.4, -0.2) is 16.9 Å². The van der Waals surface area contributed by atoms with Gasteiger partial charge in [0.25, 0.3) is 11.6 Å². The molecule has 8 heteroatoms. The summed E-state index contributed by atoms with van der Waals surface area (Å²) >= 11 is 2.11. The Kier molecular flexibility index (Phi) is 7.52. The van der Waals surface area contributed by atoms with Gasteiger partial charge in [-0.2, -0.15) is 5.26 Å². The van der Waals surface area contributed by atoms with Crippen LogP contribution in [0.3, 0.4) is 0 Å². The molecule has 28 heavy (non-hydrogen) atoms. The van der Waals surface area contributed by atoms with E-state index in [1.165, 1.54) is 18.2 Å². The van der Waals surface area contributed by atoms with Gasteiger partial charge in [0.2, 0.25) is 0 Å². The molecule has 7 nitrogen and oxygen atoms in total. The molecular weight excluding hydrogens is 473 g/mol. The first-order chi connectivity index (χ1) is 13.3. The Hall–Kier alpha value is -2.93. The van der Waals surface area contributed by atoms with Crippen LogP contribution in [0.5, 0.6) is 5.75 Å². The number of benzene rings is 2. The van der Waals surface area contributed by atoms with Crippen molar-refractivity contribution in [2.24, 2.45) is 0 Å². The lowest BCUT2D eigenvalue weighted by Gasteiger charge is -2.10. The van der Waals surface area contributed by atoms with Crippen molar-refractivity contribution in [2.45, 2.75) is 26.5 Å². The summed E-state index contributed by atoms with van der Waals surface area (Å²) < 4.78 is 6.58. The van der Waals surface area contributed by atoms with Gasteiger partial charge in [-0.3, -0.25) is 14.9 Å². The van der Waals surface area contributed by atoms with Gasteiger partial charge in [-0.05, 0) is 77.9 Å². The van der Waals surface area contributed by atoms with E-state index >= 15 is 0 Å². The molecule has 0 aliphatic rings. The van der Waals surface area contributed by atoms with E-state index in [0.717, 1.165) is 9.13 Å². The second-order valence-electron chi connectivity index (χ2n) is 6.20. The lowest BCUT2D eigenvalue weighted by Crippen LogP contribution is -2.30. The zero-order valence-electron chi connectivity index (χ0n) is 15.3. The lowest BCUT2D eigenvalue weighted by atomic mass is 10.1. The Bertz CT molecular complexity index is 947. The number of nitrogens with one attached hydrogen (secondary N) is 1. The third-order valence-corrected chi connectivity index (χ3v) is 4.44. The van der Waals surface area contributed by atoms with Gasteiger partial charge in [0, 0.05) is 18.2 Å². The molecule has 0 fully saturated rings. The van der Waals surface area contributed by atoms with E-state index in [9.17, 15) is 20.2 Å². The number of ether oxygens (including phenoxy) is 1. The number of halogens is 1. The molecule has 0 heterocycles. The van der Waals surface area contributed by atoms with Gasteiger partial charge in [-0.15, -0.1) is 0 Å². The van der Waals surface area contributed by atoms with Gasteiger partial charge in [0.15, 0.2) is 0 Å². The fraction of sp³-hybridized carbons (Fsp3) is 0.200. The Morgan fingerprint density at radius 1 is 1.32 bits per heavy atom. The molecule has 2 aromatic carbocycles. The summed E-state index contributed by atoms with van der Waals surface area (Å²) in [6.45, 7) is 3.92. The number of nitro benzene ring substituents is 1. The predicted octanol–water partition coefficient (Wildman–Crippen LogP) is 4.21. The number of hydrogen-bond acceptors (Lipinski definition) is 5. The number of nitriles is 1. The molecule has 0 unspecified atom stereocenters. The standard InChI is InChI=1S/C20H18IN3O4/c1-13(2)23-20(25)16(11-22)9-15-5-8-19(18(21)10-15)28-12-14-3-6-17(7-4-14)24(26)27/h3-10,13H,12H2,1-2H3,(H,23,25)/b16-9-. The van der Waals surface area contributed by atoms with E-state index < -0.39 is 10.8 Å². The zero-order valence-corrected chi connectivity index (χ0v) is 17.5. The maximum absolute atomic E-state index is 12.0. The first kappa shape index (κ1) is 21.4. The Labute approximate surface area is 176 Å². The normalized spacial score (nSPS) is 11.0. The van der Waals surface area contributed by atoms with Crippen molar-refractivity contribution in [3.8, 4) is 11.8 Å². The molecule has 0 saturated heterocycles. The Balaban J connectivity index is 2.09. The van der Waals surface area contributed by atoms with Crippen molar-refractivity contribution in [1.29, 1.82) is 5.26 Å². The smallest absolute Gasteiger partial charge is 0.269 e. The molecule has 1 N–H and O–H groups in total. The number of rotatable bonds is 7. The topological polar surface area (TPSA) is 105 Å². The number of non-ortho nitro benzene ring substituents is 1. The van der Waals surface area contributed by atoms with Crippen LogP contribution in [0.1, 0.15) is 25.0 Å². The summed E-state index contributed by atoms with van der Waals surface area (Å²) in [5.41, 5.74) is 1.58. The van der Waals surface area contributed by atoms with Crippen molar-refractivity contribution in [1.82, 2.24) is 5.32 Å². The van der Waals surface area contributed by atoms with Gasteiger partial charge in [0.05, 0.1) is 8.49 Å². The third kappa shape index (κ3) is 6.06. The number of amides is 1. The van der Waals surface area contributed by atoms with Crippen LogP contribution in [0.2, 0.25) is 0 Å². The number of carbonyl (C=O) groups excluding carboxylic acids is 1. The van der Waals surface area contributed by atoms with Crippen molar-refractivity contribution in [3.05, 3.63) is 72.8 Å². The van der Waals surface area contributed by atoms with Crippen molar-refractivity contribution in [3.63, 3.8) is 0 Å². The average molecular weight is 491 g/mol. The molecule has 144 valence electrons. The van der Waals surface area contributed by atoms with E-state index in [1.807, 2.05) is 26.0 Å². The van der Waals surface area contributed by atoms with Gasteiger partial charge in [0.1, 0.15) is 24.0 Å². The highest BCUT2D eigenvalue weighted by atomic mass is 127. The maximum Gasteiger partial charge on any atom is 0.269 e. The predicted molar refractivity (Wildman–Crippen MR) is 113 cm³/mol. The second kappa shape index (κ2) is 9.85. The second-order valence-corrected chi connectivity index (χ2v) is 7.36. The summed E-state index contributed by atoms with van der Waals surface area (Å²) in [4.78, 5) is 22.2. The molecule has 0 saturated carbocycles. The summed E-state index contributed by atoms with van der Waals surface area (Å²) in [6.07, 6.45) is 1.53. The molecule has 0 aliphatic carbocycles. The molecule has 0 aliphatic heterocycles. The van der Waals surface area contributed by atoms with E-state index in [4.69, 9.17) is 4.74 Å². The van der Waals surface area contributed by atoms with Gasteiger partial charge >= 0.3 is 0 Å².